The summed E-state index contributed by atoms with van der Waals surface area (Å²) in [6, 6.07) is 0. The Kier molecular flexibility index (Phi) is 1.11. The minimum absolute atomic E-state index is 0.770. The van der Waals surface area contributed by atoms with Crippen molar-refractivity contribution < 1.29 is 4.74 Å². The first-order valence-corrected chi connectivity index (χ1v) is 2.21. The fourth-order valence-electron chi connectivity index (χ4n) is 0.393. The maximum absolute atomic E-state index is 4.85. The third-order valence-corrected chi connectivity index (χ3v) is 0.797. The van der Waals surface area contributed by atoms with Crippen LogP contribution in [0.2, 0.25) is 0 Å². The first-order valence-electron chi connectivity index (χ1n) is 2.21. The van der Waals surface area contributed by atoms with Crippen molar-refractivity contribution in [2.24, 2.45) is 4.99 Å². The van der Waals surface area contributed by atoms with Gasteiger partial charge in [0.25, 0.3) is 0 Å². The lowest BCUT2D eigenvalue weighted by Crippen LogP contribution is -1.92. The monoisotopic (exact) mass is 97.1 g/mol. The van der Waals surface area contributed by atoms with Gasteiger partial charge in [-0.2, -0.15) is 0 Å². The van der Waals surface area contributed by atoms with Gasteiger partial charge >= 0.3 is 0 Å². The molecule has 2 heteroatoms. The van der Waals surface area contributed by atoms with Gasteiger partial charge in [-0.25, -0.2) is 0 Å². The van der Waals surface area contributed by atoms with Crippen LogP contribution < -0.4 is 0 Å². The molecule has 0 atom stereocenters. The number of allylic oxidation sites excluding steroid dienone is 1. The molecule has 0 bridgehead atoms. The molecule has 1 heterocycles. The molecule has 7 heavy (non-hydrogen) atoms. The van der Waals surface area contributed by atoms with Gasteiger partial charge in [0.05, 0.1) is 6.54 Å². The van der Waals surface area contributed by atoms with E-state index < -0.39 is 0 Å². The summed E-state index contributed by atoms with van der Waals surface area (Å²) in [5.41, 5.74) is 0. The molecule has 1 rings (SSSR count). The molecule has 0 saturated heterocycles. The summed E-state index contributed by atoms with van der Waals surface area (Å²) >= 11 is 0. The Bertz CT molecular complexity index is 115. The number of hydrogen-bond acceptors (Lipinski definition) is 2. The fourth-order valence-corrected chi connectivity index (χ4v) is 0.393. The highest BCUT2D eigenvalue weighted by atomic mass is 16.5. The number of rotatable bonds is 0. The quantitative estimate of drug-likeness (QED) is 0.441. The first-order chi connectivity index (χ1) is 3.39. The van der Waals surface area contributed by atoms with E-state index in [9.17, 15) is 0 Å². The predicted molar refractivity (Wildman–Crippen MR) is 28.2 cm³/mol. The van der Waals surface area contributed by atoms with Crippen molar-refractivity contribution in [3.63, 3.8) is 0 Å². The maximum Gasteiger partial charge on any atom is 0.176 e. The summed E-state index contributed by atoms with van der Waals surface area (Å²) in [6.07, 6.45) is 3.40. The van der Waals surface area contributed by atoms with Gasteiger partial charge in [-0.3, -0.25) is 4.99 Å². The molecule has 0 unspecified atom stereocenters. The summed E-state index contributed by atoms with van der Waals surface area (Å²) in [7, 11) is 0. The molecule has 1 aliphatic rings. The van der Waals surface area contributed by atoms with Crippen LogP contribution in [0.25, 0.3) is 0 Å². The Hall–Kier alpha value is -0.790. The largest absolute Gasteiger partial charge is 0.451 e. The molecular formula is C5H7NO. The Morgan fingerprint density at radius 1 is 1.86 bits per heavy atom. The van der Waals surface area contributed by atoms with Gasteiger partial charge in [-0.05, 0) is 13.0 Å². The highest BCUT2D eigenvalue weighted by molar-refractivity contribution is 5.49. The number of hydrogen-bond donors (Lipinski definition) is 0. The molecule has 0 aromatic heterocycles. The van der Waals surface area contributed by atoms with Crippen molar-refractivity contribution >= 4 is 6.40 Å². The zero-order valence-corrected chi connectivity index (χ0v) is 4.22. The van der Waals surface area contributed by atoms with E-state index in [4.69, 9.17) is 4.74 Å². The highest BCUT2D eigenvalue weighted by Crippen LogP contribution is 1.96. The van der Waals surface area contributed by atoms with E-state index in [0.29, 0.717) is 0 Å². The predicted octanol–water partition coefficient (Wildman–Crippen LogP) is 0.949. The molecule has 0 saturated carbocycles. The maximum atomic E-state index is 4.85. The van der Waals surface area contributed by atoms with Crippen LogP contribution in [0.1, 0.15) is 6.92 Å². The van der Waals surface area contributed by atoms with E-state index in [1.54, 1.807) is 0 Å². The summed E-state index contributed by atoms with van der Waals surface area (Å²) in [4.78, 5) is 3.80. The van der Waals surface area contributed by atoms with Crippen LogP contribution in [-0.4, -0.2) is 12.9 Å². The first kappa shape index (κ1) is 4.37. The lowest BCUT2D eigenvalue weighted by Gasteiger charge is -2.00. The second-order valence-corrected chi connectivity index (χ2v) is 1.40. The molecule has 0 radical (unpaired) electrons. The molecular weight excluding hydrogens is 90.1 g/mol. The molecule has 0 spiro atoms. The van der Waals surface area contributed by atoms with Crippen molar-refractivity contribution in [2.75, 3.05) is 6.54 Å². The van der Waals surface area contributed by atoms with Crippen LogP contribution in [0.4, 0.5) is 0 Å². The third kappa shape index (κ3) is 1.03. The van der Waals surface area contributed by atoms with E-state index in [1.807, 2.05) is 13.0 Å². The molecule has 0 fully saturated rings. The minimum Gasteiger partial charge on any atom is -0.451 e. The molecule has 0 aliphatic carbocycles. The van der Waals surface area contributed by atoms with Crippen LogP contribution in [-0.2, 0) is 4.74 Å². The third-order valence-electron chi connectivity index (χ3n) is 0.797. The van der Waals surface area contributed by atoms with Gasteiger partial charge in [-0.1, -0.05) is 0 Å². The van der Waals surface area contributed by atoms with Gasteiger partial charge in [0, 0.05) is 0 Å². The second-order valence-electron chi connectivity index (χ2n) is 1.40. The number of nitrogens with zero attached hydrogens (tertiary/aromatic N) is 1. The number of ether oxygens (including phenoxy) is 1. The SMILES string of the molecule is CC1=CCN=CO1. The van der Waals surface area contributed by atoms with Gasteiger partial charge in [-0.15, -0.1) is 0 Å². The average Bonchev–Trinajstić information content (AvgIpc) is 1.69. The van der Waals surface area contributed by atoms with Crippen LogP contribution >= 0.6 is 0 Å². The van der Waals surface area contributed by atoms with Crippen LogP contribution in [0.3, 0.4) is 0 Å². The van der Waals surface area contributed by atoms with E-state index in [1.165, 1.54) is 6.40 Å². The van der Waals surface area contributed by atoms with Crippen molar-refractivity contribution in [2.45, 2.75) is 6.92 Å². The topological polar surface area (TPSA) is 21.6 Å². The molecule has 0 N–H and O–H groups in total. The number of aliphatic imine (C=N–C) groups is 1. The van der Waals surface area contributed by atoms with Crippen molar-refractivity contribution in [1.29, 1.82) is 0 Å². The zero-order chi connectivity index (χ0) is 5.11. The van der Waals surface area contributed by atoms with Crippen molar-refractivity contribution in [3.05, 3.63) is 11.8 Å². The highest BCUT2D eigenvalue weighted by Gasteiger charge is 1.88. The summed E-state index contributed by atoms with van der Waals surface area (Å²) in [6.45, 7) is 2.68. The molecule has 1 aliphatic heterocycles. The second kappa shape index (κ2) is 1.78. The van der Waals surface area contributed by atoms with E-state index in [0.717, 1.165) is 12.3 Å². The smallest absolute Gasteiger partial charge is 0.176 e. The Morgan fingerprint density at radius 2 is 2.71 bits per heavy atom. The molecule has 2 nitrogen and oxygen atoms in total. The Balaban J connectivity index is 2.50. The fraction of sp³-hybridized carbons (Fsp3) is 0.400. The lowest BCUT2D eigenvalue weighted by molar-refractivity contribution is 0.425. The van der Waals surface area contributed by atoms with Gasteiger partial charge < -0.3 is 4.74 Å². The molecule has 0 aromatic carbocycles. The van der Waals surface area contributed by atoms with E-state index in [2.05, 4.69) is 4.99 Å². The standard InChI is InChI=1S/C5H7NO/c1-5-2-3-6-4-7-5/h2,4H,3H2,1H3. The van der Waals surface area contributed by atoms with Crippen LogP contribution in [0.15, 0.2) is 16.8 Å². The van der Waals surface area contributed by atoms with Crippen LogP contribution in [0, 0.1) is 0 Å². The van der Waals surface area contributed by atoms with Gasteiger partial charge in [0.2, 0.25) is 0 Å². The molecule has 38 valence electrons. The molecule has 0 aromatic rings. The molecule has 0 amide bonds. The van der Waals surface area contributed by atoms with Crippen LogP contribution in [0.5, 0.6) is 0 Å². The summed E-state index contributed by atoms with van der Waals surface area (Å²) in [5, 5.41) is 0. The zero-order valence-electron chi connectivity index (χ0n) is 4.22. The Morgan fingerprint density at radius 3 is 3.00 bits per heavy atom. The van der Waals surface area contributed by atoms with E-state index >= 15 is 0 Å². The minimum atomic E-state index is 0.770. The lowest BCUT2D eigenvalue weighted by atomic mass is 10.5. The van der Waals surface area contributed by atoms with Crippen molar-refractivity contribution in [1.82, 2.24) is 0 Å². The van der Waals surface area contributed by atoms with E-state index in [-0.39, 0.29) is 0 Å². The normalized spacial score (nSPS) is 18.1. The van der Waals surface area contributed by atoms with Crippen molar-refractivity contribution in [3.8, 4) is 0 Å². The van der Waals surface area contributed by atoms with Gasteiger partial charge in [0.1, 0.15) is 5.76 Å². The Labute approximate surface area is 42.5 Å². The summed E-state index contributed by atoms with van der Waals surface area (Å²) in [5.74, 6) is 0.940. The average molecular weight is 97.1 g/mol. The van der Waals surface area contributed by atoms with Gasteiger partial charge in [0.15, 0.2) is 6.40 Å². The summed E-state index contributed by atoms with van der Waals surface area (Å²) < 4.78 is 4.85.